The normalized spacial score (nSPS) is 14.6. The average Bonchev–Trinajstić information content (AvgIpc) is 2.79. The van der Waals surface area contributed by atoms with Gasteiger partial charge in [0.25, 0.3) is 0 Å². The number of hydrogen-bond donors (Lipinski definition) is 1. The molecule has 6 nitrogen and oxygen atoms in total. The van der Waals surface area contributed by atoms with E-state index in [1.165, 1.54) is 17.9 Å². The van der Waals surface area contributed by atoms with Gasteiger partial charge in [0.1, 0.15) is 16.3 Å². The number of hydrogen-bond acceptors (Lipinski definition) is 4. The zero-order valence-electron chi connectivity index (χ0n) is 14.4. The van der Waals surface area contributed by atoms with Crippen LogP contribution in [0, 0.1) is 19.7 Å². The quantitative estimate of drug-likeness (QED) is 0.860. The number of ether oxygens (including phenoxy) is 1. The van der Waals surface area contributed by atoms with Crippen LogP contribution < -0.4 is 4.72 Å². The summed E-state index contributed by atoms with van der Waals surface area (Å²) in [5.41, 5.74) is 0.0926. The Kier molecular flexibility index (Phi) is 5.12. The van der Waals surface area contributed by atoms with Crippen molar-refractivity contribution in [3.05, 3.63) is 47.0 Å². The molecule has 0 aliphatic carbocycles. The standard InChI is InChI=1S/C16H22FN3O3S/c1-11-15(12(2)20(4)19-11)24(21,22)18-10-16(3,23-5)13-8-6-7-9-14(13)17/h6-9,18H,10H2,1-5H3. The van der Waals surface area contributed by atoms with Crippen LogP contribution >= 0.6 is 0 Å². The number of aromatic nitrogens is 2. The Balaban J connectivity index is 2.32. The number of nitrogens with one attached hydrogen (secondary N) is 1. The van der Waals surface area contributed by atoms with Gasteiger partial charge < -0.3 is 4.74 Å². The van der Waals surface area contributed by atoms with Crippen molar-refractivity contribution in [3.63, 3.8) is 0 Å². The summed E-state index contributed by atoms with van der Waals surface area (Å²) in [6, 6.07) is 6.14. The number of sulfonamides is 1. The molecule has 0 spiro atoms. The Labute approximate surface area is 141 Å². The lowest BCUT2D eigenvalue weighted by Crippen LogP contribution is -2.40. The van der Waals surface area contributed by atoms with Crippen LogP contribution in [0.2, 0.25) is 0 Å². The third-order valence-corrected chi connectivity index (χ3v) is 5.86. The first-order valence-electron chi connectivity index (χ1n) is 7.42. The van der Waals surface area contributed by atoms with Crippen LogP contribution in [0.3, 0.4) is 0 Å². The van der Waals surface area contributed by atoms with Gasteiger partial charge in [0.2, 0.25) is 10.0 Å². The maximum atomic E-state index is 14.1. The largest absolute Gasteiger partial charge is 0.372 e. The van der Waals surface area contributed by atoms with Crippen molar-refractivity contribution in [2.75, 3.05) is 13.7 Å². The van der Waals surface area contributed by atoms with Crippen molar-refractivity contribution in [2.45, 2.75) is 31.3 Å². The highest BCUT2D eigenvalue weighted by Gasteiger charge is 2.32. The van der Waals surface area contributed by atoms with E-state index in [9.17, 15) is 12.8 Å². The Bertz CT molecular complexity index is 848. The summed E-state index contributed by atoms with van der Waals surface area (Å²) in [6.45, 7) is 4.84. The molecule has 0 radical (unpaired) electrons. The number of nitrogens with zero attached hydrogens (tertiary/aromatic N) is 2. The number of rotatable bonds is 6. The topological polar surface area (TPSA) is 73.2 Å². The summed E-state index contributed by atoms with van der Waals surface area (Å²) < 4.78 is 48.8. The fraction of sp³-hybridized carbons (Fsp3) is 0.438. The van der Waals surface area contributed by atoms with Crippen LogP contribution in [-0.2, 0) is 27.4 Å². The second-order valence-electron chi connectivity index (χ2n) is 5.86. The third kappa shape index (κ3) is 3.35. The average molecular weight is 355 g/mol. The first kappa shape index (κ1) is 18.6. The fourth-order valence-corrected chi connectivity index (χ4v) is 4.18. The van der Waals surface area contributed by atoms with Crippen molar-refractivity contribution in [1.82, 2.24) is 14.5 Å². The first-order valence-corrected chi connectivity index (χ1v) is 8.90. The summed E-state index contributed by atoms with van der Waals surface area (Å²) in [4.78, 5) is 0.136. The number of aryl methyl sites for hydroxylation is 2. The minimum atomic E-state index is -3.80. The van der Waals surface area contributed by atoms with Gasteiger partial charge in [0.05, 0.1) is 11.4 Å². The second-order valence-corrected chi connectivity index (χ2v) is 7.57. The molecule has 0 aliphatic heterocycles. The molecule has 1 aromatic heterocycles. The lowest BCUT2D eigenvalue weighted by atomic mass is 9.95. The van der Waals surface area contributed by atoms with E-state index in [-0.39, 0.29) is 17.0 Å². The molecule has 24 heavy (non-hydrogen) atoms. The smallest absolute Gasteiger partial charge is 0.244 e. The number of methoxy groups -OCH3 is 1. The monoisotopic (exact) mass is 355 g/mol. The molecule has 0 saturated carbocycles. The maximum absolute atomic E-state index is 14.1. The Morgan fingerprint density at radius 3 is 2.46 bits per heavy atom. The number of benzene rings is 1. The van der Waals surface area contributed by atoms with Gasteiger partial charge in [-0.15, -0.1) is 0 Å². The molecule has 0 fully saturated rings. The molecule has 8 heteroatoms. The van der Waals surface area contributed by atoms with Crippen LogP contribution in [0.1, 0.15) is 23.9 Å². The van der Waals surface area contributed by atoms with E-state index < -0.39 is 21.4 Å². The van der Waals surface area contributed by atoms with Crippen LogP contribution in [0.15, 0.2) is 29.2 Å². The van der Waals surface area contributed by atoms with Gasteiger partial charge in [-0.25, -0.2) is 17.5 Å². The van der Waals surface area contributed by atoms with Crippen molar-refractivity contribution in [2.24, 2.45) is 7.05 Å². The van der Waals surface area contributed by atoms with E-state index in [0.717, 1.165) is 0 Å². The molecule has 2 aromatic rings. The van der Waals surface area contributed by atoms with E-state index in [1.54, 1.807) is 46.0 Å². The molecule has 1 aromatic carbocycles. The van der Waals surface area contributed by atoms with Gasteiger partial charge in [0.15, 0.2) is 0 Å². The van der Waals surface area contributed by atoms with Gasteiger partial charge >= 0.3 is 0 Å². The second kappa shape index (κ2) is 6.62. The van der Waals surface area contributed by atoms with Crippen LogP contribution in [-0.4, -0.2) is 31.9 Å². The summed E-state index contributed by atoms with van der Waals surface area (Å²) >= 11 is 0. The zero-order chi connectivity index (χ0) is 18.1. The maximum Gasteiger partial charge on any atom is 0.244 e. The summed E-state index contributed by atoms with van der Waals surface area (Å²) in [5, 5.41) is 4.12. The Hall–Kier alpha value is -1.77. The highest BCUT2D eigenvalue weighted by molar-refractivity contribution is 7.89. The Morgan fingerprint density at radius 1 is 1.33 bits per heavy atom. The molecule has 1 unspecified atom stereocenters. The molecule has 1 N–H and O–H groups in total. The summed E-state index contributed by atoms with van der Waals surface area (Å²) in [5.74, 6) is -0.449. The summed E-state index contributed by atoms with van der Waals surface area (Å²) in [7, 11) is -0.702. The molecule has 1 heterocycles. The number of halogens is 1. The lowest BCUT2D eigenvalue weighted by Gasteiger charge is -2.29. The van der Waals surface area contributed by atoms with E-state index in [0.29, 0.717) is 11.4 Å². The van der Waals surface area contributed by atoms with E-state index in [1.807, 2.05) is 0 Å². The molecule has 0 aliphatic rings. The van der Waals surface area contributed by atoms with Crippen LogP contribution in [0.4, 0.5) is 4.39 Å². The molecule has 0 amide bonds. The van der Waals surface area contributed by atoms with Crippen molar-refractivity contribution < 1.29 is 17.5 Å². The Morgan fingerprint density at radius 2 is 1.96 bits per heavy atom. The van der Waals surface area contributed by atoms with Gasteiger partial charge in [-0.2, -0.15) is 5.10 Å². The molecule has 0 saturated heterocycles. The summed E-state index contributed by atoms with van der Waals surface area (Å²) in [6.07, 6.45) is 0. The highest BCUT2D eigenvalue weighted by Crippen LogP contribution is 2.27. The molecular weight excluding hydrogens is 333 g/mol. The zero-order valence-corrected chi connectivity index (χ0v) is 15.2. The van der Waals surface area contributed by atoms with Crippen molar-refractivity contribution in [3.8, 4) is 0 Å². The predicted octanol–water partition coefficient (Wildman–Crippen LogP) is 2.02. The van der Waals surface area contributed by atoms with Crippen molar-refractivity contribution in [1.29, 1.82) is 0 Å². The predicted molar refractivity (Wildman–Crippen MR) is 88.6 cm³/mol. The SMILES string of the molecule is COC(C)(CNS(=O)(=O)c1c(C)nn(C)c1C)c1ccccc1F. The fourth-order valence-electron chi connectivity index (χ4n) is 2.62. The van der Waals surface area contributed by atoms with Crippen LogP contribution in [0.5, 0.6) is 0 Å². The third-order valence-electron chi connectivity index (χ3n) is 4.21. The van der Waals surface area contributed by atoms with Crippen molar-refractivity contribution >= 4 is 10.0 Å². The van der Waals surface area contributed by atoms with E-state index in [4.69, 9.17) is 4.74 Å². The van der Waals surface area contributed by atoms with Gasteiger partial charge in [-0.05, 0) is 26.8 Å². The van der Waals surface area contributed by atoms with Gasteiger partial charge in [-0.3, -0.25) is 4.68 Å². The van der Waals surface area contributed by atoms with E-state index in [2.05, 4.69) is 9.82 Å². The minimum absolute atomic E-state index is 0.111. The van der Waals surface area contributed by atoms with Gasteiger partial charge in [-0.1, -0.05) is 18.2 Å². The lowest BCUT2D eigenvalue weighted by molar-refractivity contribution is 0.00410. The highest BCUT2D eigenvalue weighted by atomic mass is 32.2. The molecular formula is C16H22FN3O3S. The minimum Gasteiger partial charge on any atom is -0.372 e. The van der Waals surface area contributed by atoms with Crippen LogP contribution in [0.25, 0.3) is 0 Å². The van der Waals surface area contributed by atoms with E-state index >= 15 is 0 Å². The molecule has 2 rings (SSSR count). The molecule has 0 bridgehead atoms. The molecule has 132 valence electrons. The first-order chi connectivity index (χ1) is 11.1. The van der Waals surface area contributed by atoms with Gasteiger partial charge in [0, 0.05) is 26.3 Å². The molecule has 1 atom stereocenters.